The van der Waals surface area contributed by atoms with Gasteiger partial charge < -0.3 is 10.2 Å². The molecule has 1 fully saturated rings. The maximum absolute atomic E-state index is 12.2. The number of nitrogens with one attached hydrogen (secondary N) is 1. The van der Waals surface area contributed by atoms with E-state index in [1.165, 1.54) is 24.0 Å². The van der Waals surface area contributed by atoms with Gasteiger partial charge in [0.2, 0.25) is 5.91 Å². The summed E-state index contributed by atoms with van der Waals surface area (Å²) in [5.41, 5.74) is 2.59. The lowest BCUT2D eigenvalue weighted by molar-refractivity contribution is -0.132. The Morgan fingerprint density at radius 2 is 1.85 bits per heavy atom. The molecule has 20 heavy (non-hydrogen) atoms. The minimum atomic E-state index is 0. The minimum absolute atomic E-state index is 0. The number of carbonyl (C=O) groups is 1. The van der Waals surface area contributed by atoms with E-state index in [0.29, 0.717) is 12.5 Å². The van der Waals surface area contributed by atoms with E-state index in [1.807, 2.05) is 7.05 Å². The van der Waals surface area contributed by atoms with E-state index in [-0.39, 0.29) is 18.3 Å². The van der Waals surface area contributed by atoms with Crippen LogP contribution in [0.15, 0.2) is 24.3 Å². The van der Waals surface area contributed by atoms with Crippen LogP contribution in [-0.4, -0.2) is 30.4 Å². The Labute approximate surface area is 128 Å². The molecule has 4 heteroatoms. The van der Waals surface area contributed by atoms with Gasteiger partial charge in [0.15, 0.2) is 0 Å². The van der Waals surface area contributed by atoms with Crippen molar-refractivity contribution in [2.45, 2.75) is 45.2 Å². The summed E-state index contributed by atoms with van der Waals surface area (Å²) in [4.78, 5) is 14.3. The average Bonchev–Trinajstić information content (AvgIpc) is 3.27. The van der Waals surface area contributed by atoms with E-state index in [2.05, 4.69) is 41.4 Å². The molecule has 0 heterocycles. The Kier molecular flexibility index (Phi) is 7.03. The van der Waals surface area contributed by atoms with E-state index < -0.39 is 0 Å². The number of hydrogen-bond acceptors (Lipinski definition) is 2. The van der Waals surface area contributed by atoms with Crippen LogP contribution in [-0.2, 0) is 17.8 Å². The summed E-state index contributed by atoms with van der Waals surface area (Å²) < 4.78 is 0. The van der Waals surface area contributed by atoms with Gasteiger partial charge in [-0.05, 0) is 37.4 Å². The van der Waals surface area contributed by atoms with E-state index >= 15 is 0 Å². The maximum atomic E-state index is 12.2. The monoisotopic (exact) mass is 296 g/mol. The van der Waals surface area contributed by atoms with Crippen molar-refractivity contribution in [3.05, 3.63) is 35.4 Å². The van der Waals surface area contributed by atoms with Crippen LogP contribution in [0.2, 0.25) is 0 Å². The fourth-order valence-electron chi connectivity index (χ4n) is 2.26. The minimum Gasteiger partial charge on any atom is -0.335 e. The molecule has 1 N–H and O–H groups in total. The highest BCUT2D eigenvalue weighted by Gasteiger charge is 2.31. The van der Waals surface area contributed by atoms with Crippen LogP contribution in [0.25, 0.3) is 0 Å². The smallest absolute Gasteiger partial charge is 0.224 e. The zero-order chi connectivity index (χ0) is 13.7. The molecule has 0 radical (unpaired) electrons. The Morgan fingerprint density at radius 1 is 1.25 bits per heavy atom. The standard InChI is InChI=1S/C16H24N2O.ClH/c1-3-13-4-6-14(7-5-13)12-18(15-8-9-15)16(19)10-11-17-2;/h4-7,15,17H,3,8-12H2,1-2H3;1H. The third-order valence-corrected chi connectivity index (χ3v) is 3.68. The van der Waals surface area contributed by atoms with Gasteiger partial charge >= 0.3 is 0 Å². The van der Waals surface area contributed by atoms with Crippen molar-refractivity contribution in [3.8, 4) is 0 Å². The molecule has 1 saturated carbocycles. The van der Waals surface area contributed by atoms with Gasteiger partial charge in [-0.3, -0.25) is 4.79 Å². The number of nitrogens with zero attached hydrogens (tertiary/aromatic N) is 1. The lowest BCUT2D eigenvalue weighted by Crippen LogP contribution is -2.34. The quantitative estimate of drug-likeness (QED) is 0.839. The SMILES string of the molecule is CCc1ccc(CN(C(=O)CCNC)C2CC2)cc1.Cl. The molecule has 0 aliphatic heterocycles. The molecule has 3 nitrogen and oxygen atoms in total. The molecular weight excluding hydrogens is 272 g/mol. The van der Waals surface area contributed by atoms with E-state index in [0.717, 1.165) is 19.5 Å². The summed E-state index contributed by atoms with van der Waals surface area (Å²) in [6, 6.07) is 9.12. The van der Waals surface area contributed by atoms with Crippen LogP contribution < -0.4 is 5.32 Å². The highest BCUT2D eigenvalue weighted by atomic mass is 35.5. The molecule has 1 aromatic rings. The molecule has 112 valence electrons. The normalized spacial score (nSPS) is 13.7. The zero-order valence-corrected chi connectivity index (χ0v) is 13.2. The summed E-state index contributed by atoms with van der Waals surface area (Å²) in [5, 5.41) is 3.04. The molecule has 0 saturated heterocycles. The molecular formula is C16H25ClN2O. The number of hydrogen-bond donors (Lipinski definition) is 1. The molecule has 2 rings (SSSR count). The van der Waals surface area contributed by atoms with E-state index in [1.54, 1.807) is 0 Å². The lowest BCUT2D eigenvalue weighted by Gasteiger charge is -2.22. The summed E-state index contributed by atoms with van der Waals surface area (Å²) in [6.45, 7) is 3.68. The van der Waals surface area contributed by atoms with Crippen molar-refractivity contribution in [2.24, 2.45) is 0 Å². The molecule has 0 atom stereocenters. The van der Waals surface area contributed by atoms with Gasteiger partial charge in [-0.25, -0.2) is 0 Å². The molecule has 1 aliphatic carbocycles. The Hall–Kier alpha value is -1.06. The lowest BCUT2D eigenvalue weighted by atomic mass is 10.1. The van der Waals surface area contributed by atoms with Crippen molar-refractivity contribution < 1.29 is 4.79 Å². The molecule has 0 unspecified atom stereocenters. The zero-order valence-electron chi connectivity index (χ0n) is 12.4. The van der Waals surface area contributed by atoms with Crippen LogP contribution in [0, 0.1) is 0 Å². The largest absolute Gasteiger partial charge is 0.335 e. The van der Waals surface area contributed by atoms with Crippen molar-refractivity contribution in [2.75, 3.05) is 13.6 Å². The predicted molar refractivity (Wildman–Crippen MR) is 85.2 cm³/mol. The van der Waals surface area contributed by atoms with Crippen LogP contribution in [0.5, 0.6) is 0 Å². The first-order valence-electron chi connectivity index (χ1n) is 7.26. The van der Waals surface area contributed by atoms with Crippen molar-refractivity contribution in [3.63, 3.8) is 0 Å². The second-order valence-electron chi connectivity index (χ2n) is 5.28. The molecule has 1 amide bonds. The van der Waals surface area contributed by atoms with Crippen LogP contribution in [0.4, 0.5) is 0 Å². The van der Waals surface area contributed by atoms with Gasteiger partial charge in [0, 0.05) is 25.6 Å². The van der Waals surface area contributed by atoms with Gasteiger partial charge in [0.25, 0.3) is 0 Å². The number of carbonyl (C=O) groups excluding carboxylic acids is 1. The topological polar surface area (TPSA) is 32.3 Å². The third-order valence-electron chi connectivity index (χ3n) is 3.68. The number of rotatable bonds is 7. The molecule has 0 spiro atoms. The van der Waals surface area contributed by atoms with Gasteiger partial charge in [-0.1, -0.05) is 31.2 Å². The van der Waals surface area contributed by atoms with Crippen molar-refractivity contribution >= 4 is 18.3 Å². The van der Waals surface area contributed by atoms with Gasteiger partial charge in [0.05, 0.1) is 0 Å². The Balaban J connectivity index is 0.00000200. The van der Waals surface area contributed by atoms with E-state index in [9.17, 15) is 4.79 Å². The molecule has 0 aromatic heterocycles. The van der Waals surface area contributed by atoms with Crippen LogP contribution >= 0.6 is 12.4 Å². The van der Waals surface area contributed by atoms with Crippen LogP contribution in [0.3, 0.4) is 0 Å². The second kappa shape index (κ2) is 8.28. The van der Waals surface area contributed by atoms with E-state index in [4.69, 9.17) is 0 Å². The summed E-state index contributed by atoms with van der Waals surface area (Å²) in [7, 11) is 1.89. The van der Waals surface area contributed by atoms with Gasteiger partial charge in [0.1, 0.15) is 0 Å². The molecule has 1 aliphatic rings. The number of aryl methyl sites for hydroxylation is 1. The first-order valence-corrected chi connectivity index (χ1v) is 7.26. The number of halogens is 1. The number of amides is 1. The fraction of sp³-hybridized carbons (Fsp3) is 0.562. The highest BCUT2D eigenvalue weighted by Crippen LogP contribution is 2.29. The molecule has 0 bridgehead atoms. The summed E-state index contributed by atoms with van der Waals surface area (Å²) in [6.07, 6.45) is 3.99. The highest BCUT2D eigenvalue weighted by molar-refractivity contribution is 5.85. The summed E-state index contributed by atoms with van der Waals surface area (Å²) in [5.74, 6) is 0.274. The third kappa shape index (κ3) is 4.80. The average molecular weight is 297 g/mol. The maximum Gasteiger partial charge on any atom is 0.224 e. The fourth-order valence-corrected chi connectivity index (χ4v) is 2.26. The predicted octanol–water partition coefficient (Wildman–Crippen LogP) is 2.77. The van der Waals surface area contributed by atoms with Gasteiger partial charge in [-0.2, -0.15) is 0 Å². The Bertz CT molecular complexity index is 415. The summed E-state index contributed by atoms with van der Waals surface area (Å²) >= 11 is 0. The Morgan fingerprint density at radius 3 is 2.35 bits per heavy atom. The van der Waals surface area contributed by atoms with Gasteiger partial charge in [-0.15, -0.1) is 12.4 Å². The van der Waals surface area contributed by atoms with Crippen molar-refractivity contribution in [1.82, 2.24) is 10.2 Å². The van der Waals surface area contributed by atoms with Crippen LogP contribution in [0.1, 0.15) is 37.3 Å². The number of benzene rings is 1. The van der Waals surface area contributed by atoms with Crippen molar-refractivity contribution in [1.29, 1.82) is 0 Å². The molecule has 1 aromatic carbocycles. The first-order chi connectivity index (χ1) is 9.24. The second-order valence-corrected chi connectivity index (χ2v) is 5.28. The first kappa shape index (κ1) is 17.0.